The molecule has 0 aromatic heterocycles. The van der Waals surface area contributed by atoms with E-state index in [0.29, 0.717) is 12.0 Å². The topological polar surface area (TPSA) is 50.4 Å². The Bertz CT molecular complexity index is 407. The van der Waals surface area contributed by atoms with Crippen molar-refractivity contribution in [3.8, 4) is 0 Å². The summed E-state index contributed by atoms with van der Waals surface area (Å²) in [5.41, 5.74) is 0.0851. The van der Waals surface area contributed by atoms with Gasteiger partial charge < -0.3 is 15.4 Å². The molecule has 1 unspecified atom stereocenters. The third-order valence-electron chi connectivity index (χ3n) is 6.94. The lowest BCUT2D eigenvalue weighted by Crippen LogP contribution is -2.54. The van der Waals surface area contributed by atoms with Crippen LogP contribution < -0.4 is 10.6 Å². The molecule has 1 heterocycles. The van der Waals surface area contributed by atoms with Crippen molar-refractivity contribution in [3.63, 3.8) is 0 Å². The van der Waals surface area contributed by atoms with Gasteiger partial charge in [0.2, 0.25) is 5.91 Å². The van der Waals surface area contributed by atoms with Crippen LogP contribution in [0.4, 0.5) is 0 Å². The molecular formula is C18H30N2O2. The molecule has 5 aliphatic rings. The summed E-state index contributed by atoms with van der Waals surface area (Å²) in [6.07, 6.45) is 9.35. The van der Waals surface area contributed by atoms with Crippen molar-refractivity contribution in [1.29, 1.82) is 0 Å². The molecule has 1 saturated heterocycles. The molecule has 2 N–H and O–H groups in total. The number of nitrogens with one attached hydrogen (secondary N) is 2. The zero-order valence-corrected chi connectivity index (χ0v) is 13.8. The molecule has 1 atom stereocenters. The monoisotopic (exact) mass is 306 g/mol. The Morgan fingerprint density at radius 1 is 1.18 bits per heavy atom. The molecule has 0 aromatic carbocycles. The number of hydrogen-bond acceptors (Lipinski definition) is 3. The summed E-state index contributed by atoms with van der Waals surface area (Å²) in [5.74, 6) is 3.06. The van der Waals surface area contributed by atoms with Crippen molar-refractivity contribution in [1.82, 2.24) is 10.6 Å². The van der Waals surface area contributed by atoms with Gasteiger partial charge in [-0.2, -0.15) is 0 Å². The highest BCUT2D eigenvalue weighted by atomic mass is 16.5. The number of amides is 1. The van der Waals surface area contributed by atoms with Crippen molar-refractivity contribution in [2.45, 2.75) is 44.9 Å². The maximum atomic E-state index is 12.8. The summed E-state index contributed by atoms with van der Waals surface area (Å²) >= 11 is 0. The van der Waals surface area contributed by atoms with E-state index in [1.807, 2.05) is 0 Å². The average Bonchev–Trinajstić information content (AvgIpc) is 2.94. The number of carbonyl (C=O) groups is 1. The molecule has 1 aliphatic heterocycles. The van der Waals surface area contributed by atoms with E-state index in [1.165, 1.54) is 38.5 Å². The maximum absolute atomic E-state index is 12.8. The standard InChI is InChI=1S/C18H30N2O2/c1-22-12-18(2-3-19-11-18)16(21)20-10-17-7-13-4-14(8-17)6-15(5-13)9-17/h13-15,19H,2-12H2,1H3,(H,20,21). The van der Waals surface area contributed by atoms with E-state index in [-0.39, 0.29) is 11.3 Å². The Morgan fingerprint density at radius 2 is 1.82 bits per heavy atom. The van der Waals surface area contributed by atoms with Crippen LogP contribution >= 0.6 is 0 Å². The third kappa shape index (κ3) is 2.48. The van der Waals surface area contributed by atoms with Crippen LogP contribution in [0, 0.1) is 28.6 Å². The van der Waals surface area contributed by atoms with Gasteiger partial charge in [0, 0.05) is 20.2 Å². The van der Waals surface area contributed by atoms with E-state index in [0.717, 1.165) is 43.8 Å². The number of hydrogen-bond donors (Lipinski definition) is 2. The van der Waals surface area contributed by atoms with Crippen LogP contribution in [0.1, 0.15) is 44.9 Å². The van der Waals surface area contributed by atoms with Gasteiger partial charge in [0.05, 0.1) is 12.0 Å². The van der Waals surface area contributed by atoms with E-state index >= 15 is 0 Å². The normalized spacial score (nSPS) is 46.1. The quantitative estimate of drug-likeness (QED) is 0.816. The molecule has 0 aromatic rings. The predicted molar refractivity (Wildman–Crippen MR) is 85.4 cm³/mol. The Kier molecular flexibility index (Phi) is 3.73. The third-order valence-corrected chi connectivity index (χ3v) is 6.94. The van der Waals surface area contributed by atoms with Crippen LogP contribution in [0.5, 0.6) is 0 Å². The number of carbonyl (C=O) groups excluding carboxylic acids is 1. The molecule has 4 nitrogen and oxygen atoms in total. The molecule has 0 radical (unpaired) electrons. The fourth-order valence-electron chi connectivity index (χ4n) is 6.36. The van der Waals surface area contributed by atoms with Crippen molar-refractivity contribution >= 4 is 5.91 Å². The van der Waals surface area contributed by atoms with Gasteiger partial charge in [-0.1, -0.05) is 0 Å². The minimum absolute atomic E-state index is 0.218. The first-order chi connectivity index (χ1) is 10.6. The van der Waals surface area contributed by atoms with Crippen molar-refractivity contribution < 1.29 is 9.53 Å². The summed E-state index contributed by atoms with van der Waals surface area (Å²) in [5, 5.41) is 6.68. The highest BCUT2D eigenvalue weighted by molar-refractivity contribution is 5.83. The van der Waals surface area contributed by atoms with Gasteiger partial charge in [0.25, 0.3) is 0 Å². The van der Waals surface area contributed by atoms with Gasteiger partial charge in [-0.25, -0.2) is 0 Å². The second-order valence-electron chi connectivity index (χ2n) is 8.74. The molecule has 22 heavy (non-hydrogen) atoms. The van der Waals surface area contributed by atoms with Crippen molar-refractivity contribution in [3.05, 3.63) is 0 Å². The van der Waals surface area contributed by atoms with Crippen LogP contribution in [-0.4, -0.2) is 39.3 Å². The highest BCUT2D eigenvalue weighted by Crippen LogP contribution is 2.59. The van der Waals surface area contributed by atoms with E-state index in [1.54, 1.807) is 7.11 Å². The van der Waals surface area contributed by atoms with Crippen molar-refractivity contribution in [2.75, 3.05) is 33.4 Å². The summed E-state index contributed by atoms with van der Waals surface area (Å²) < 4.78 is 5.35. The molecule has 124 valence electrons. The molecule has 4 heteroatoms. The van der Waals surface area contributed by atoms with Gasteiger partial charge in [0.15, 0.2) is 0 Å². The van der Waals surface area contributed by atoms with Crippen LogP contribution in [0.3, 0.4) is 0 Å². The molecule has 0 spiro atoms. The summed E-state index contributed by atoms with van der Waals surface area (Å²) in [7, 11) is 1.70. The SMILES string of the molecule is COCC1(C(=O)NCC23CC4CC(CC(C4)C2)C3)CCNC1. The summed E-state index contributed by atoms with van der Waals surface area (Å²) in [6.45, 7) is 3.12. The lowest BCUT2D eigenvalue weighted by molar-refractivity contribution is -0.135. The Hall–Kier alpha value is -0.610. The van der Waals surface area contributed by atoms with E-state index in [4.69, 9.17) is 4.74 Å². The molecular weight excluding hydrogens is 276 g/mol. The van der Waals surface area contributed by atoms with E-state index < -0.39 is 0 Å². The van der Waals surface area contributed by atoms with E-state index in [9.17, 15) is 4.79 Å². The maximum Gasteiger partial charge on any atom is 0.229 e. The Balaban J connectivity index is 1.41. The van der Waals surface area contributed by atoms with Crippen LogP contribution in [0.25, 0.3) is 0 Å². The van der Waals surface area contributed by atoms with Gasteiger partial charge in [0.1, 0.15) is 0 Å². The number of ether oxygens (including phenoxy) is 1. The lowest BCUT2D eigenvalue weighted by Gasteiger charge is -2.57. The number of methoxy groups -OCH3 is 1. The Labute approximate surface area is 133 Å². The van der Waals surface area contributed by atoms with E-state index in [2.05, 4.69) is 10.6 Å². The zero-order valence-electron chi connectivity index (χ0n) is 13.8. The zero-order chi connectivity index (χ0) is 15.2. The van der Waals surface area contributed by atoms with Gasteiger partial charge in [-0.3, -0.25) is 4.79 Å². The minimum atomic E-state index is -0.336. The average molecular weight is 306 g/mol. The van der Waals surface area contributed by atoms with Gasteiger partial charge in [-0.15, -0.1) is 0 Å². The largest absolute Gasteiger partial charge is 0.384 e. The van der Waals surface area contributed by atoms with Gasteiger partial charge in [-0.05, 0) is 74.7 Å². The second kappa shape index (κ2) is 5.48. The van der Waals surface area contributed by atoms with Crippen LogP contribution in [0.2, 0.25) is 0 Å². The molecule has 4 bridgehead atoms. The molecule has 4 aliphatic carbocycles. The summed E-state index contributed by atoms with van der Waals surface area (Å²) in [6, 6.07) is 0. The molecule has 5 fully saturated rings. The molecule has 4 saturated carbocycles. The Morgan fingerprint density at radius 3 is 2.32 bits per heavy atom. The highest BCUT2D eigenvalue weighted by Gasteiger charge is 2.51. The van der Waals surface area contributed by atoms with Crippen LogP contribution in [0.15, 0.2) is 0 Å². The molecule has 5 rings (SSSR count). The fourth-order valence-corrected chi connectivity index (χ4v) is 6.36. The second-order valence-corrected chi connectivity index (χ2v) is 8.74. The predicted octanol–water partition coefficient (Wildman–Crippen LogP) is 1.95. The molecule has 1 amide bonds. The van der Waals surface area contributed by atoms with Crippen LogP contribution in [-0.2, 0) is 9.53 Å². The lowest BCUT2D eigenvalue weighted by atomic mass is 9.49. The summed E-state index contributed by atoms with van der Waals surface area (Å²) in [4.78, 5) is 12.8. The van der Waals surface area contributed by atoms with Gasteiger partial charge >= 0.3 is 0 Å². The van der Waals surface area contributed by atoms with Crippen molar-refractivity contribution in [2.24, 2.45) is 28.6 Å². The fraction of sp³-hybridized carbons (Fsp3) is 0.944. The number of rotatable bonds is 5. The smallest absolute Gasteiger partial charge is 0.229 e. The first-order valence-electron chi connectivity index (χ1n) is 9.11. The first kappa shape index (κ1) is 14.9. The minimum Gasteiger partial charge on any atom is -0.384 e. The first-order valence-corrected chi connectivity index (χ1v) is 9.11.